The molecule has 1 aromatic rings. The summed E-state index contributed by atoms with van der Waals surface area (Å²) in [7, 11) is 2.31. The quantitative estimate of drug-likeness (QED) is 0.881. The summed E-state index contributed by atoms with van der Waals surface area (Å²) in [5.74, 6) is 1.61. The molecule has 1 heterocycles. The van der Waals surface area contributed by atoms with Crippen molar-refractivity contribution in [2.75, 3.05) is 26.7 Å². The zero-order valence-electron chi connectivity index (χ0n) is 12.9. The second kappa shape index (κ2) is 6.28. The minimum absolute atomic E-state index is 0.611. The number of benzene rings is 1. The summed E-state index contributed by atoms with van der Waals surface area (Å²) >= 11 is 0. The van der Waals surface area contributed by atoms with E-state index in [0.29, 0.717) is 6.04 Å². The lowest BCUT2D eigenvalue weighted by atomic mass is 9.82. The van der Waals surface area contributed by atoms with Gasteiger partial charge in [0.15, 0.2) is 0 Å². The Balaban J connectivity index is 1.87. The fourth-order valence-corrected chi connectivity index (χ4v) is 3.84. The van der Waals surface area contributed by atoms with Gasteiger partial charge < -0.3 is 5.32 Å². The van der Waals surface area contributed by atoms with Gasteiger partial charge in [0, 0.05) is 6.04 Å². The van der Waals surface area contributed by atoms with Crippen molar-refractivity contribution in [1.82, 2.24) is 10.2 Å². The van der Waals surface area contributed by atoms with Gasteiger partial charge in [0.25, 0.3) is 0 Å². The highest BCUT2D eigenvalue weighted by Gasteiger charge is 2.34. The zero-order chi connectivity index (χ0) is 13.9. The first-order valence-electron chi connectivity index (χ1n) is 8.31. The van der Waals surface area contributed by atoms with Crippen molar-refractivity contribution in [2.45, 2.75) is 44.6 Å². The van der Waals surface area contributed by atoms with Gasteiger partial charge in [0.05, 0.1) is 0 Å². The van der Waals surface area contributed by atoms with E-state index in [0.717, 1.165) is 24.9 Å². The predicted molar refractivity (Wildman–Crippen MR) is 85.1 cm³/mol. The summed E-state index contributed by atoms with van der Waals surface area (Å²) in [5, 5.41) is 3.58. The fourth-order valence-electron chi connectivity index (χ4n) is 3.84. The van der Waals surface area contributed by atoms with E-state index in [9.17, 15) is 0 Å². The minimum atomic E-state index is 0.611. The number of hydrogen-bond donors (Lipinski definition) is 1. The Morgan fingerprint density at radius 2 is 1.90 bits per heavy atom. The fraction of sp³-hybridized carbons (Fsp3) is 0.667. The first kappa shape index (κ1) is 14.1. The van der Waals surface area contributed by atoms with E-state index < -0.39 is 0 Å². The number of hydrogen-bond acceptors (Lipinski definition) is 2. The van der Waals surface area contributed by atoms with Crippen LogP contribution in [-0.4, -0.2) is 31.6 Å². The van der Waals surface area contributed by atoms with Crippen molar-refractivity contribution in [3.8, 4) is 0 Å². The first-order chi connectivity index (χ1) is 9.81. The Morgan fingerprint density at radius 3 is 2.60 bits per heavy atom. The molecule has 2 nitrogen and oxygen atoms in total. The molecule has 2 fully saturated rings. The maximum atomic E-state index is 3.58. The number of likely N-dealkylation sites (tertiary alicyclic amines) is 1. The molecule has 1 saturated carbocycles. The third-order valence-corrected chi connectivity index (χ3v) is 5.00. The van der Waals surface area contributed by atoms with E-state index in [1.54, 1.807) is 11.1 Å². The van der Waals surface area contributed by atoms with Gasteiger partial charge >= 0.3 is 0 Å². The van der Waals surface area contributed by atoms with Crippen LogP contribution in [0.5, 0.6) is 0 Å². The highest BCUT2D eigenvalue weighted by molar-refractivity contribution is 5.36. The second-order valence-corrected chi connectivity index (χ2v) is 6.54. The van der Waals surface area contributed by atoms with Gasteiger partial charge in [-0.15, -0.1) is 0 Å². The van der Waals surface area contributed by atoms with Crippen LogP contribution in [0.4, 0.5) is 0 Å². The molecule has 2 unspecified atom stereocenters. The predicted octanol–water partition coefficient (Wildman–Crippen LogP) is 3.56. The van der Waals surface area contributed by atoms with Crippen LogP contribution in [0.2, 0.25) is 0 Å². The highest BCUT2D eigenvalue weighted by atomic mass is 15.1. The van der Waals surface area contributed by atoms with Gasteiger partial charge in [-0.2, -0.15) is 0 Å². The van der Waals surface area contributed by atoms with E-state index in [2.05, 4.69) is 48.5 Å². The van der Waals surface area contributed by atoms with Crippen LogP contribution in [0.1, 0.15) is 55.7 Å². The minimum Gasteiger partial charge on any atom is -0.317 e. The summed E-state index contributed by atoms with van der Waals surface area (Å²) in [4.78, 5) is 2.59. The summed E-state index contributed by atoms with van der Waals surface area (Å²) in [5.41, 5.74) is 3.24. The van der Waals surface area contributed by atoms with E-state index in [4.69, 9.17) is 0 Å². The molecule has 1 saturated heterocycles. The van der Waals surface area contributed by atoms with Gasteiger partial charge in [-0.05, 0) is 75.3 Å². The lowest BCUT2D eigenvalue weighted by molar-refractivity contribution is 0.119. The van der Waals surface area contributed by atoms with Crippen LogP contribution in [0.25, 0.3) is 0 Å². The van der Waals surface area contributed by atoms with Gasteiger partial charge in [-0.25, -0.2) is 0 Å². The van der Waals surface area contributed by atoms with Crippen LogP contribution in [0.15, 0.2) is 24.3 Å². The Bertz CT molecular complexity index is 439. The molecule has 3 rings (SSSR count). The molecular weight excluding hydrogens is 244 g/mol. The molecule has 0 bridgehead atoms. The third kappa shape index (κ3) is 2.91. The molecule has 1 aliphatic carbocycles. The summed E-state index contributed by atoms with van der Waals surface area (Å²) in [6.07, 6.45) is 5.49. The first-order valence-corrected chi connectivity index (χ1v) is 8.31. The molecule has 110 valence electrons. The summed E-state index contributed by atoms with van der Waals surface area (Å²) in [6.45, 7) is 5.69. The summed E-state index contributed by atoms with van der Waals surface area (Å²) in [6, 6.07) is 9.83. The van der Waals surface area contributed by atoms with Crippen LogP contribution in [-0.2, 0) is 0 Å². The SMILES string of the molecule is CCNCC1CCCN(C)C1c1ccccc1C1CC1. The van der Waals surface area contributed by atoms with Crippen LogP contribution >= 0.6 is 0 Å². The van der Waals surface area contributed by atoms with Gasteiger partial charge in [0.2, 0.25) is 0 Å². The topological polar surface area (TPSA) is 15.3 Å². The number of rotatable bonds is 5. The number of piperidine rings is 1. The van der Waals surface area contributed by atoms with E-state index >= 15 is 0 Å². The largest absolute Gasteiger partial charge is 0.317 e. The Morgan fingerprint density at radius 1 is 1.15 bits per heavy atom. The molecule has 0 radical (unpaired) electrons. The van der Waals surface area contributed by atoms with E-state index in [1.165, 1.54) is 32.2 Å². The maximum absolute atomic E-state index is 3.58. The maximum Gasteiger partial charge on any atom is 0.0388 e. The van der Waals surface area contributed by atoms with Crippen molar-refractivity contribution in [1.29, 1.82) is 0 Å². The van der Waals surface area contributed by atoms with Crippen LogP contribution < -0.4 is 5.32 Å². The van der Waals surface area contributed by atoms with Crippen molar-refractivity contribution in [3.05, 3.63) is 35.4 Å². The van der Waals surface area contributed by atoms with Crippen molar-refractivity contribution in [3.63, 3.8) is 0 Å². The lowest BCUT2D eigenvalue weighted by Crippen LogP contribution is -2.40. The van der Waals surface area contributed by atoms with Crippen LogP contribution in [0, 0.1) is 5.92 Å². The number of nitrogens with zero attached hydrogens (tertiary/aromatic N) is 1. The van der Waals surface area contributed by atoms with Crippen molar-refractivity contribution >= 4 is 0 Å². The van der Waals surface area contributed by atoms with Gasteiger partial charge in [-0.1, -0.05) is 31.2 Å². The molecule has 2 aliphatic rings. The summed E-state index contributed by atoms with van der Waals surface area (Å²) < 4.78 is 0. The molecule has 0 amide bonds. The molecule has 0 spiro atoms. The van der Waals surface area contributed by atoms with Crippen molar-refractivity contribution in [2.24, 2.45) is 5.92 Å². The highest BCUT2D eigenvalue weighted by Crippen LogP contribution is 2.46. The van der Waals surface area contributed by atoms with E-state index in [1.807, 2.05) is 0 Å². The monoisotopic (exact) mass is 272 g/mol. The average molecular weight is 272 g/mol. The molecule has 1 aromatic carbocycles. The molecule has 2 atom stereocenters. The Hall–Kier alpha value is -0.860. The molecule has 1 aliphatic heterocycles. The van der Waals surface area contributed by atoms with E-state index in [-0.39, 0.29) is 0 Å². The molecule has 1 N–H and O–H groups in total. The molecule has 20 heavy (non-hydrogen) atoms. The van der Waals surface area contributed by atoms with Gasteiger partial charge in [-0.3, -0.25) is 4.90 Å². The normalized spacial score (nSPS) is 27.7. The molecule has 0 aromatic heterocycles. The Labute approximate surface area is 123 Å². The Kier molecular flexibility index (Phi) is 4.42. The van der Waals surface area contributed by atoms with Gasteiger partial charge in [0.1, 0.15) is 0 Å². The molecule has 2 heteroatoms. The van der Waals surface area contributed by atoms with Crippen molar-refractivity contribution < 1.29 is 0 Å². The lowest BCUT2D eigenvalue weighted by Gasteiger charge is -2.40. The van der Waals surface area contributed by atoms with Crippen LogP contribution in [0.3, 0.4) is 0 Å². The third-order valence-electron chi connectivity index (χ3n) is 5.00. The smallest absolute Gasteiger partial charge is 0.0388 e. The standard InChI is InChI=1S/C18H28N2/c1-3-19-13-15-7-6-12-20(2)18(15)17-9-5-4-8-16(17)14-10-11-14/h4-5,8-9,14-15,18-19H,3,6-7,10-13H2,1-2H3. The number of nitrogens with one attached hydrogen (secondary N) is 1. The second-order valence-electron chi connectivity index (χ2n) is 6.54. The zero-order valence-corrected chi connectivity index (χ0v) is 12.9. The molecular formula is C18H28N2. The average Bonchev–Trinajstić information content (AvgIpc) is 3.30.